The van der Waals surface area contributed by atoms with Gasteiger partial charge in [0.2, 0.25) is 0 Å². The zero-order chi connectivity index (χ0) is 15.6. The number of hydrogen-bond acceptors (Lipinski definition) is 5. The largest absolute Gasteiger partial charge is 0.364 e. The Kier molecular flexibility index (Phi) is 3.67. The van der Waals surface area contributed by atoms with E-state index in [1.807, 2.05) is 35.0 Å². The Hall–Kier alpha value is -2.47. The topological polar surface area (TPSA) is 67.1 Å². The molecular formula is C17H20N6. The minimum atomic E-state index is 0.385. The summed E-state index contributed by atoms with van der Waals surface area (Å²) in [4.78, 5) is 13.5. The molecule has 0 aromatic carbocycles. The number of hydrogen-bond donors (Lipinski definition) is 2. The molecule has 4 rings (SSSR count). The van der Waals surface area contributed by atoms with E-state index >= 15 is 0 Å². The van der Waals surface area contributed by atoms with Crippen LogP contribution in [-0.4, -0.2) is 38.5 Å². The number of pyridine rings is 1. The van der Waals surface area contributed by atoms with Gasteiger partial charge in [0.25, 0.3) is 0 Å². The SMILES string of the molecule is CC1CCNCC1Nc1cncc(-c2cnc3ccccn23)n1. The van der Waals surface area contributed by atoms with Gasteiger partial charge in [0.05, 0.1) is 24.3 Å². The summed E-state index contributed by atoms with van der Waals surface area (Å²) in [7, 11) is 0. The molecule has 4 heterocycles. The highest BCUT2D eigenvalue weighted by Crippen LogP contribution is 2.21. The molecule has 6 nitrogen and oxygen atoms in total. The van der Waals surface area contributed by atoms with Crippen LogP contribution in [0.25, 0.3) is 17.0 Å². The minimum Gasteiger partial charge on any atom is -0.364 e. The summed E-state index contributed by atoms with van der Waals surface area (Å²) in [6.07, 6.45) is 8.58. The Morgan fingerprint density at radius 2 is 2.22 bits per heavy atom. The van der Waals surface area contributed by atoms with Gasteiger partial charge in [-0.3, -0.25) is 9.38 Å². The molecular weight excluding hydrogens is 288 g/mol. The Balaban J connectivity index is 1.63. The maximum absolute atomic E-state index is 4.73. The lowest BCUT2D eigenvalue weighted by atomic mass is 9.95. The number of fused-ring (bicyclic) bond motifs is 1. The molecule has 1 aliphatic rings. The van der Waals surface area contributed by atoms with Crippen molar-refractivity contribution in [1.29, 1.82) is 0 Å². The molecule has 0 bridgehead atoms. The van der Waals surface area contributed by atoms with Crippen molar-refractivity contribution in [3.63, 3.8) is 0 Å². The van der Waals surface area contributed by atoms with E-state index < -0.39 is 0 Å². The predicted octanol–water partition coefficient (Wildman–Crippen LogP) is 2.20. The van der Waals surface area contributed by atoms with E-state index in [0.717, 1.165) is 35.9 Å². The second kappa shape index (κ2) is 5.96. The lowest BCUT2D eigenvalue weighted by Crippen LogP contribution is -2.44. The summed E-state index contributed by atoms with van der Waals surface area (Å²) >= 11 is 0. The number of rotatable bonds is 3. The Morgan fingerprint density at radius 1 is 1.26 bits per heavy atom. The summed E-state index contributed by atoms with van der Waals surface area (Å²) in [6.45, 7) is 4.33. The van der Waals surface area contributed by atoms with Crippen LogP contribution >= 0.6 is 0 Å². The first kappa shape index (κ1) is 14.1. The summed E-state index contributed by atoms with van der Waals surface area (Å²) in [5.74, 6) is 1.44. The molecule has 23 heavy (non-hydrogen) atoms. The third kappa shape index (κ3) is 2.77. The van der Waals surface area contributed by atoms with Crippen molar-refractivity contribution in [2.45, 2.75) is 19.4 Å². The van der Waals surface area contributed by atoms with Crippen LogP contribution in [0.5, 0.6) is 0 Å². The molecule has 0 aliphatic carbocycles. The van der Waals surface area contributed by atoms with Crippen molar-refractivity contribution in [3.05, 3.63) is 43.0 Å². The van der Waals surface area contributed by atoms with Gasteiger partial charge in [0.15, 0.2) is 0 Å². The molecule has 0 spiro atoms. The fourth-order valence-electron chi connectivity index (χ4n) is 3.05. The second-order valence-corrected chi connectivity index (χ2v) is 6.08. The number of aromatic nitrogens is 4. The van der Waals surface area contributed by atoms with Crippen LogP contribution in [0.4, 0.5) is 5.82 Å². The molecule has 1 saturated heterocycles. The van der Waals surface area contributed by atoms with Crippen molar-refractivity contribution in [3.8, 4) is 11.4 Å². The Labute approximate surface area is 135 Å². The van der Waals surface area contributed by atoms with Gasteiger partial charge in [-0.1, -0.05) is 13.0 Å². The minimum absolute atomic E-state index is 0.385. The van der Waals surface area contributed by atoms with E-state index in [0.29, 0.717) is 12.0 Å². The van der Waals surface area contributed by atoms with Crippen LogP contribution in [0, 0.1) is 5.92 Å². The molecule has 2 atom stereocenters. The number of nitrogens with zero attached hydrogens (tertiary/aromatic N) is 4. The lowest BCUT2D eigenvalue weighted by Gasteiger charge is -2.30. The van der Waals surface area contributed by atoms with Crippen LogP contribution in [-0.2, 0) is 0 Å². The molecule has 118 valence electrons. The van der Waals surface area contributed by atoms with E-state index in [1.54, 1.807) is 12.4 Å². The van der Waals surface area contributed by atoms with Crippen LogP contribution < -0.4 is 10.6 Å². The van der Waals surface area contributed by atoms with Gasteiger partial charge in [-0.15, -0.1) is 0 Å². The molecule has 0 saturated carbocycles. The molecule has 6 heteroatoms. The maximum Gasteiger partial charge on any atom is 0.145 e. The van der Waals surface area contributed by atoms with E-state index in [-0.39, 0.29) is 0 Å². The van der Waals surface area contributed by atoms with Crippen molar-refractivity contribution < 1.29 is 0 Å². The molecule has 0 radical (unpaired) electrons. The highest BCUT2D eigenvalue weighted by molar-refractivity contribution is 5.60. The van der Waals surface area contributed by atoms with Crippen molar-refractivity contribution >= 4 is 11.5 Å². The third-order valence-electron chi connectivity index (χ3n) is 4.47. The highest BCUT2D eigenvalue weighted by Gasteiger charge is 2.21. The molecule has 1 aliphatic heterocycles. The fourth-order valence-corrected chi connectivity index (χ4v) is 3.05. The average molecular weight is 308 g/mol. The van der Waals surface area contributed by atoms with Crippen molar-refractivity contribution in [2.75, 3.05) is 18.4 Å². The first-order valence-corrected chi connectivity index (χ1v) is 8.03. The van der Waals surface area contributed by atoms with E-state index in [2.05, 4.69) is 27.5 Å². The summed E-state index contributed by atoms with van der Waals surface area (Å²) < 4.78 is 2.03. The lowest BCUT2D eigenvalue weighted by molar-refractivity contribution is 0.366. The molecule has 2 N–H and O–H groups in total. The first-order chi connectivity index (χ1) is 11.3. The van der Waals surface area contributed by atoms with Crippen molar-refractivity contribution in [2.24, 2.45) is 5.92 Å². The number of nitrogens with one attached hydrogen (secondary N) is 2. The van der Waals surface area contributed by atoms with Gasteiger partial charge < -0.3 is 10.6 Å². The average Bonchev–Trinajstić information content (AvgIpc) is 3.01. The van der Waals surface area contributed by atoms with Gasteiger partial charge in [-0.2, -0.15) is 0 Å². The van der Waals surface area contributed by atoms with Gasteiger partial charge in [0, 0.05) is 18.8 Å². The number of imidazole rings is 1. The number of anilines is 1. The van der Waals surface area contributed by atoms with Gasteiger partial charge in [-0.05, 0) is 31.0 Å². The van der Waals surface area contributed by atoms with E-state index in [9.17, 15) is 0 Å². The fraction of sp³-hybridized carbons (Fsp3) is 0.353. The monoisotopic (exact) mass is 308 g/mol. The van der Waals surface area contributed by atoms with E-state index in [4.69, 9.17) is 4.98 Å². The molecule has 2 unspecified atom stereocenters. The Bertz CT molecular complexity index is 811. The zero-order valence-corrected chi connectivity index (χ0v) is 13.1. The van der Waals surface area contributed by atoms with Crippen LogP contribution in [0.2, 0.25) is 0 Å². The quantitative estimate of drug-likeness (QED) is 0.776. The first-order valence-electron chi connectivity index (χ1n) is 8.03. The van der Waals surface area contributed by atoms with Crippen molar-refractivity contribution in [1.82, 2.24) is 24.7 Å². The maximum atomic E-state index is 4.73. The highest BCUT2D eigenvalue weighted by atomic mass is 15.1. The third-order valence-corrected chi connectivity index (χ3v) is 4.47. The zero-order valence-electron chi connectivity index (χ0n) is 13.1. The van der Waals surface area contributed by atoms with Gasteiger partial charge in [0.1, 0.15) is 17.2 Å². The summed E-state index contributed by atoms with van der Waals surface area (Å²) in [5.41, 5.74) is 2.68. The van der Waals surface area contributed by atoms with Crippen LogP contribution in [0.3, 0.4) is 0 Å². The van der Waals surface area contributed by atoms with Crippen LogP contribution in [0.15, 0.2) is 43.0 Å². The summed E-state index contributed by atoms with van der Waals surface area (Å²) in [5, 5.41) is 6.94. The second-order valence-electron chi connectivity index (χ2n) is 6.08. The smallest absolute Gasteiger partial charge is 0.145 e. The summed E-state index contributed by atoms with van der Waals surface area (Å²) in [6, 6.07) is 6.33. The van der Waals surface area contributed by atoms with E-state index in [1.165, 1.54) is 6.42 Å². The standard InChI is InChI=1S/C17H20N6/c1-12-5-6-18-8-13(12)21-16-11-19-9-14(22-16)15-10-20-17-4-2-3-7-23(15)17/h2-4,7,9-13,18H,5-6,8H2,1H3,(H,21,22). The molecule has 1 fully saturated rings. The molecule has 0 amide bonds. The number of piperidine rings is 1. The Morgan fingerprint density at radius 3 is 3.13 bits per heavy atom. The molecule has 3 aromatic heterocycles. The van der Waals surface area contributed by atoms with Gasteiger partial charge in [-0.25, -0.2) is 9.97 Å². The van der Waals surface area contributed by atoms with Crippen LogP contribution in [0.1, 0.15) is 13.3 Å². The normalized spacial score (nSPS) is 21.4. The van der Waals surface area contributed by atoms with Gasteiger partial charge >= 0.3 is 0 Å². The predicted molar refractivity (Wildman–Crippen MR) is 90.3 cm³/mol. The molecule has 3 aromatic rings.